The summed E-state index contributed by atoms with van der Waals surface area (Å²) in [6.45, 7) is 6.08. The van der Waals surface area contributed by atoms with Crippen LogP contribution in [0.3, 0.4) is 0 Å². The smallest absolute Gasteiger partial charge is 0.246 e. The van der Waals surface area contributed by atoms with Crippen molar-refractivity contribution >= 4 is 15.9 Å². The number of aryl methyl sites for hydroxylation is 2. The fraction of sp³-hybridized carbons (Fsp3) is 0.632. The Balaban J connectivity index is 1.85. The first kappa shape index (κ1) is 20.1. The van der Waals surface area contributed by atoms with Gasteiger partial charge in [-0.05, 0) is 49.9 Å². The summed E-state index contributed by atoms with van der Waals surface area (Å²) < 4.78 is 38.4. The molecule has 0 N–H and O–H groups in total. The van der Waals surface area contributed by atoms with Crippen molar-refractivity contribution in [2.75, 3.05) is 47.0 Å². The summed E-state index contributed by atoms with van der Waals surface area (Å²) in [6, 6.07) is 3.41. The maximum Gasteiger partial charge on any atom is 0.246 e. The quantitative estimate of drug-likeness (QED) is 0.730. The number of benzene rings is 1. The monoisotopic (exact) mass is 396 g/mol. The van der Waals surface area contributed by atoms with E-state index in [-0.39, 0.29) is 17.3 Å². The van der Waals surface area contributed by atoms with Gasteiger partial charge < -0.3 is 14.4 Å². The maximum atomic E-state index is 13.3. The SMILES string of the molecule is COCCN1CCC2(CCN(S(=O)(=O)c3cc(C)c(C)cc3OC)C2)C1=O. The van der Waals surface area contributed by atoms with Crippen LogP contribution < -0.4 is 4.74 Å². The molecule has 1 atom stereocenters. The number of sulfonamides is 1. The maximum absolute atomic E-state index is 13.3. The zero-order valence-electron chi connectivity index (χ0n) is 16.4. The van der Waals surface area contributed by atoms with Gasteiger partial charge in [-0.15, -0.1) is 0 Å². The summed E-state index contributed by atoms with van der Waals surface area (Å²) in [5.41, 5.74) is 1.27. The molecule has 2 heterocycles. The molecule has 0 bridgehead atoms. The number of nitrogens with zero attached hydrogens (tertiary/aromatic N) is 2. The summed E-state index contributed by atoms with van der Waals surface area (Å²) in [5, 5.41) is 0. The van der Waals surface area contributed by atoms with Gasteiger partial charge in [-0.1, -0.05) is 0 Å². The summed E-state index contributed by atoms with van der Waals surface area (Å²) >= 11 is 0. The Bertz CT molecular complexity index is 839. The van der Waals surface area contributed by atoms with Gasteiger partial charge in [-0.2, -0.15) is 4.31 Å². The zero-order valence-corrected chi connectivity index (χ0v) is 17.3. The highest BCUT2D eigenvalue weighted by atomic mass is 32.2. The summed E-state index contributed by atoms with van der Waals surface area (Å²) in [6.07, 6.45) is 1.24. The van der Waals surface area contributed by atoms with Crippen LogP contribution in [0.25, 0.3) is 0 Å². The van der Waals surface area contributed by atoms with E-state index in [1.165, 1.54) is 11.4 Å². The Labute approximate surface area is 161 Å². The lowest BCUT2D eigenvalue weighted by Crippen LogP contribution is -2.39. The fourth-order valence-electron chi connectivity index (χ4n) is 3.99. The van der Waals surface area contributed by atoms with Crippen LogP contribution in [0, 0.1) is 19.3 Å². The van der Waals surface area contributed by atoms with E-state index in [1.807, 2.05) is 13.8 Å². The standard InChI is InChI=1S/C19H28N2O5S/c1-14-11-16(26-4)17(12-15(14)2)27(23,24)21-8-6-19(13-21)5-7-20(18(19)22)9-10-25-3/h11-12H,5-10,13H2,1-4H3. The van der Waals surface area contributed by atoms with Crippen LogP contribution in [0.15, 0.2) is 17.0 Å². The van der Waals surface area contributed by atoms with Crippen LogP contribution in [0.5, 0.6) is 5.75 Å². The van der Waals surface area contributed by atoms with Gasteiger partial charge in [0.25, 0.3) is 0 Å². The van der Waals surface area contributed by atoms with E-state index in [9.17, 15) is 13.2 Å². The van der Waals surface area contributed by atoms with Gasteiger partial charge in [0.2, 0.25) is 15.9 Å². The number of methoxy groups -OCH3 is 2. The van der Waals surface area contributed by atoms with Gasteiger partial charge in [-0.3, -0.25) is 4.79 Å². The third-order valence-electron chi connectivity index (χ3n) is 5.88. The van der Waals surface area contributed by atoms with Gasteiger partial charge in [0.05, 0.1) is 19.1 Å². The van der Waals surface area contributed by atoms with Crippen molar-refractivity contribution in [1.29, 1.82) is 0 Å². The van der Waals surface area contributed by atoms with Crippen LogP contribution in [0.2, 0.25) is 0 Å². The first-order chi connectivity index (χ1) is 12.7. The van der Waals surface area contributed by atoms with Gasteiger partial charge in [0, 0.05) is 33.3 Å². The van der Waals surface area contributed by atoms with Gasteiger partial charge in [0.15, 0.2) is 0 Å². The average Bonchev–Trinajstić information content (AvgIpc) is 3.21. The minimum atomic E-state index is -3.73. The molecule has 8 heteroatoms. The van der Waals surface area contributed by atoms with E-state index in [0.717, 1.165) is 11.1 Å². The first-order valence-corrected chi connectivity index (χ1v) is 10.6. The topological polar surface area (TPSA) is 76.2 Å². The minimum Gasteiger partial charge on any atom is -0.495 e. The fourth-order valence-corrected chi connectivity index (χ4v) is 5.74. The number of carbonyl (C=O) groups is 1. The highest BCUT2D eigenvalue weighted by Gasteiger charge is 2.53. The number of rotatable bonds is 6. The number of amides is 1. The largest absolute Gasteiger partial charge is 0.495 e. The average molecular weight is 397 g/mol. The number of hydrogen-bond acceptors (Lipinski definition) is 5. The molecule has 2 fully saturated rings. The minimum absolute atomic E-state index is 0.0456. The van der Waals surface area contributed by atoms with Crippen molar-refractivity contribution in [3.8, 4) is 5.75 Å². The molecule has 1 spiro atoms. The van der Waals surface area contributed by atoms with E-state index in [2.05, 4.69) is 0 Å². The highest BCUT2D eigenvalue weighted by molar-refractivity contribution is 7.89. The van der Waals surface area contributed by atoms with Crippen LogP contribution in [-0.4, -0.2) is 70.5 Å². The van der Waals surface area contributed by atoms with Crippen molar-refractivity contribution < 1.29 is 22.7 Å². The molecule has 7 nitrogen and oxygen atoms in total. The number of hydrogen-bond donors (Lipinski definition) is 0. The molecule has 1 aromatic carbocycles. The Morgan fingerprint density at radius 3 is 2.44 bits per heavy atom. The van der Waals surface area contributed by atoms with E-state index in [4.69, 9.17) is 9.47 Å². The molecular formula is C19H28N2O5S. The normalized spacial score (nSPS) is 23.6. The highest BCUT2D eigenvalue weighted by Crippen LogP contribution is 2.43. The van der Waals surface area contributed by atoms with Gasteiger partial charge >= 0.3 is 0 Å². The number of likely N-dealkylation sites (tertiary alicyclic amines) is 1. The predicted molar refractivity (Wildman–Crippen MR) is 101 cm³/mol. The van der Waals surface area contributed by atoms with Crippen molar-refractivity contribution in [2.24, 2.45) is 5.41 Å². The first-order valence-electron chi connectivity index (χ1n) is 9.19. The Morgan fingerprint density at radius 1 is 1.11 bits per heavy atom. The molecule has 3 rings (SSSR count). The second-order valence-electron chi connectivity index (χ2n) is 7.49. The molecule has 150 valence electrons. The van der Waals surface area contributed by atoms with Gasteiger partial charge in [0.1, 0.15) is 10.6 Å². The molecule has 0 aromatic heterocycles. The molecule has 1 unspecified atom stereocenters. The molecule has 2 aliphatic rings. The molecule has 0 aliphatic carbocycles. The van der Waals surface area contributed by atoms with Gasteiger partial charge in [-0.25, -0.2) is 8.42 Å². The third kappa shape index (κ3) is 3.46. The second-order valence-corrected chi connectivity index (χ2v) is 9.40. The summed E-state index contributed by atoms with van der Waals surface area (Å²) in [7, 11) is -0.646. The van der Waals surface area contributed by atoms with Crippen molar-refractivity contribution in [3.63, 3.8) is 0 Å². The molecule has 2 saturated heterocycles. The van der Waals surface area contributed by atoms with Crippen molar-refractivity contribution in [3.05, 3.63) is 23.3 Å². The number of carbonyl (C=O) groups excluding carboxylic acids is 1. The molecule has 2 aliphatic heterocycles. The van der Waals surface area contributed by atoms with Crippen LogP contribution in [-0.2, 0) is 19.6 Å². The molecule has 27 heavy (non-hydrogen) atoms. The Hall–Kier alpha value is -1.64. The third-order valence-corrected chi connectivity index (χ3v) is 7.75. The van der Waals surface area contributed by atoms with E-state index < -0.39 is 15.4 Å². The van der Waals surface area contributed by atoms with Crippen LogP contribution >= 0.6 is 0 Å². The molecule has 0 saturated carbocycles. The zero-order chi connectivity index (χ0) is 19.8. The summed E-state index contributed by atoms with van der Waals surface area (Å²) in [5.74, 6) is 0.392. The number of ether oxygens (including phenoxy) is 2. The van der Waals surface area contributed by atoms with Crippen molar-refractivity contribution in [2.45, 2.75) is 31.6 Å². The van der Waals surface area contributed by atoms with E-state index in [0.29, 0.717) is 44.8 Å². The van der Waals surface area contributed by atoms with Crippen molar-refractivity contribution in [1.82, 2.24) is 9.21 Å². The van der Waals surface area contributed by atoms with Crippen LogP contribution in [0.1, 0.15) is 24.0 Å². The molecule has 1 aromatic rings. The lowest BCUT2D eigenvalue weighted by Gasteiger charge is -2.24. The lowest BCUT2D eigenvalue weighted by atomic mass is 9.86. The molecule has 0 radical (unpaired) electrons. The Kier molecular flexibility index (Phi) is 5.52. The predicted octanol–water partition coefficient (Wildman–Crippen LogP) is 1.57. The lowest BCUT2D eigenvalue weighted by molar-refractivity contribution is -0.135. The summed E-state index contributed by atoms with van der Waals surface area (Å²) in [4.78, 5) is 14.9. The molecule has 1 amide bonds. The Morgan fingerprint density at radius 2 is 1.78 bits per heavy atom. The van der Waals surface area contributed by atoms with E-state index >= 15 is 0 Å². The van der Waals surface area contributed by atoms with E-state index in [1.54, 1.807) is 24.1 Å². The second kappa shape index (κ2) is 7.41. The van der Waals surface area contributed by atoms with Crippen LogP contribution in [0.4, 0.5) is 0 Å². The molecular weight excluding hydrogens is 368 g/mol.